The minimum Gasteiger partial charge on any atom is -0.494 e. The van der Waals surface area contributed by atoms with Gasteiger partial charge in [-0.1, -0.05) is 13.0 Å². The zero-order valence-corrected chi connectivity index (χ0v) is 16.4. The Kier molecular flexibility index (Phi) is 5.29. The van der Waals surface area contributed by atoms with Gasteiger partial charge in [-0.15, -0.1) is 0 Å². The van der Waals surface area contributed by atoms with Crippen LogP contribution in [0.15, 0.2) is 71.1 Å². The Hall–Kier alpha value is -3.60. The van der Waals surface area contributed by atoms with E-state index in [-0.39, 0.29) is 5.91 Å². The van der Waals surface area contributed by atoms with Gasteiger partial charge in [-0.2, -0.15) is 0 Å². The highest BCUT2D eigenvalue weighted by Gasteiger charge is 2.10. The Morgan fingerprint density at radius 3 is 2.52 bits per heavy atom. The molecule has 0 saturated heterocycles. The molecular weight excluding hydrogens is 364 g/mol. The van der Waals surface area contributed by atoms with Gasteiger partial charge in [0.15, 0.2) is 5.58 Å². The van der Waals surface area contributed by atoms with Crippen molar-refractivity contribution in [3.63, 3.8) is 0 Å². The van der Waals surface area contributed by atoms with E-state index in [4.69, 9.17) is 9.15 Å². The van der Waals surface area contributed by atoms with Crippen LogP contribution in [-0.4, -0.2) is 17.5 Å². The number of carbonyl (C=O) groups is 1. The van der Waals surface area contributed by atoms with E-state index in [0.29, 0.717) is 23.7 Å². The summed E-state index contributed by atoms with van der Waals surface area (Å²) in [6, 6.07) is 20.5. The molecule has 0 spiro atoms. The molecular formula is C24H22N2O3. The van der Waals surface area contributed by atoms with E-state index in [2.05, 4.69) is 17.2 Å². The number of nitrogens with zero attached hydrogens (tertiary/aromatic N) is 1. The van der Waals surface area contributed by atoms with Gasteiger partial charge in [0.1, 0.15) is 11.3 Å². The van der Waals surface area contributed by atoms with Gasteiger partial charge in [0, 0.05) is 16.8 Å². The van der Waals surface area contributed by atoms with E-state index in [0.717, 1.165) is 34.4 Å². The second-order valence-corrected chi connectivity index (χ2v) is 6.89. The fourth-order valence-corrected chi connectivity index (χ4v) is 2.98. The summed E-state index contributed by atoms with van der Waals surface area (Å²) in [6.07, 6.45) is 0.946. The first-order valence-corrected chi connectivity index (χ1v) is 9.64. The molecule has 4 rings (SSSR count). The molecule has 0 aliphatic carbocycles. The summed E-state index contributed by atoms with van der Waals surface area (Å²) in [6.45, 7) is 4.74. The molecule has 0 aliphatic rings. The van der Waals surface area contributed by atoms with Crippen molar-refractivity contribution in [3.05, 3.63) is 77.9 Å². The molecule has 0 fully saturated rings. The number of ether oxygens (including phenoxy) is 1. The van der Waals surface area contributed by atoms with Gasteiger partial charge in [0.25, 0.3) is 5.91 Å². The minimum absolute atomic E-state index is 0.169. The van der Waals surface area contributed by atoms with E-state index in [9.17, 15) is 4.79 Å². The number of amides is 1. The van der Waals surface area contributed by atoms with E-state index in [1.54, 1.807) is 12.1 Å². The molecule has 29 heavy (non-hydrogen) atoms. The van der Waals surface area contributed by atoms with Gasteiger partial charge in [0.2, 0.25) is 5.89 Å². The molecule has 0 radical (unpaired) electrons. The van der Waals surface area contributed by atoms with E-state index in [1.165, 1.54) is 0 Å². The van der Waals surface area contributed by atoms with Crippen molar-refractivity contribution in [3.8, 4) is 17.2 Å². The van der Waals surface area contributed by atoms with Crippen molar-refractivity contribution >= 4 is 22.7 Å². The lowest BCUT2D eigenvalue weighted by atomic mass is 10.1. The van der Waals surface area contributed by atoms with Crippen LogP contribution in [0.2, 0.25) is 0 Å². The number of hydrogen-bond donors (Lipinski definition) is 1. The molecule has 0 saturated carbocycles. The number of hydrogen-bond acceptors (Lipinski definition) is 4. The van der Waals surface area contributed by atoms with Gasteiger partial charge in [-0.25, -0.2) is 4.98 Å². The number of rotatable bonds is 6. The second-order valence-electron chi connectivity index (χ2n) is 6.89. The number of nitrogens with one attached hydrogen (secondary N) is 1. The molecule has 1 heterocycles. The van der Waals surface area contributed by atoms with Crippen molar-refractivity contribution in [2.24, 2.45) is 0 Å². The molecule has 0 unspecified atom stereocenters. The third-order valence-electron chi connectivity index (χ3n) is 4.52. The lowest BCUT2D eigenvalue weighted by Crippen LogP contribution is -2.11. The second kappa shape index (κ2) is 8.19. The fourth-order valence-electron chi connectivity index (χ4n) is 2.98. The van der Waals surface area contributed by atoms with Crippen LogP contribution in [0.5, 0.6) is 5.75 Å². The van der Waals surface area contributed by atoms with Crippen LogP contribution in [0.1, 0.15) is 29.3 Å². The van der Waals surface area contributed by atoms with Crippen molar-refractivity contribution in [1.82, 2.24) is 4.98 Å². The maximum atomic E-state index is 12.5. The Morgan fingerprint density at radius 2 is 1.79 bits per heavy atom. The van der Waals surface area contributed by atoms with Crippen molar-refractivity contribution in [2.45, 2.75) is 20.3 Å². The zero-order chi connectivity index (χ0) is 20.2. The first-order chi connectivity index (χ1) is 14.1. The SMILES string of the molecule is CCCOc1ccc(C(=O)Nc2ccc(-c3nc4cc(C)ccc4o3)cc2)cc1. The average Bonchev–Trinajstić information content (AvgIpc) is 3.16. The summed E-state index contributed by atoms with van der Waals surface area (Å²) in [5.41, 5.74) is 4.87. The molecule has 3 aromatic carbocycles. The number of aromatic nitrogens is 1. The normalized spacial score (nSPS) is 10.8. The number of anilines is 1. The van der Waals surface area contributed by atoms with E-state index in [1.807, 2.05) is 61.5 Å². The highest BCUT2D eigenvalue weighted by atomic mass is 16.5. The van der Waals surface area contributed by atoms with Crippen LogP contribution in [0.3, 0.4) is 0 Å². The van der Waals surface area contributed by atoms with Crippen molar-refractivity contribution in [2.75, 3.05) is 11.9 Å². The summed E-state index contributed by atoms with van der Waals surface area (Å²) >= 11 is 0. The molecule has 0 atom stereocenters. The first-order valence-electron chi connectivity index (χ1n) is 9.64. The van der Waals surface area contributed by atoms with Crippen LogP contribution in [-0.2, 0) is 0 Å². The largest absolute Gasteiger partial charge is 0.494 e. The Morgan fingerprint density at radius 1 is 1.03 bits per heavy atom. The maximum absolute atomic E-state index is 12.5. The fraction of sp³-hybridized carbons (Fsp3) is 0.167. The molecule has 1 N–H and O–H groups in total. The van der Waals surface area contributed by atoms with Crippen LogP contribution in [0, 0.1) is 6.92 Å². The van der Waals surface area contributed by atoms with Gasteiger partial charge >= 0.3 is 0 Å². The molecule has 0 aliphatic heterocycles. The molecule has 1 aromatic heterocycles. The lowest BCUT2D eigenvalue weighted by Gasteiger charge is -2.07. The number of carbonyl (C=O) groups excluding carboxylic acids is 1. The molecule has 4 aromatic rings. The summed E-state index contributed by atoms with van der Waals surface area (Å²) < 4.78 is 11.4. The van der Waals surface area contributed by atoms with Gasteiger partial charge in [-0.3, -0.25) is 4.79 Å². The lowest BCUT2D eigenvalue weighted by molar-refractivity contribution is 0.102. The van der Waals surface area contributed by atoms with E-state index >= 15 is 0 Å². The van der Waals surface area contributed by atoms with Crippen LogP contribution in [0.4, 0.5) is 5.69 Å². The van der Waals surface area contributed by atoms with Gasteiger partial charge < -0.3 is 14.5 Å². The quantitative estimate of drug-likeness (QED) is 0.452. The highest BCUT2D eigenvalue weighted by Crippen LogP contribution is 2.26. The molecule has 5 heteroatoms. The molecule has 1 amide bonds. The smallest absolute Gasteiger partial charge is 0.255 e. The number of aryl methyl sites for hydroxylation is 1. The predicted octanol–water partition coefficient (Wildman–Crippen LogP) is 5.84. The first kappa shape index (κ1) is 18.7. The van der Waals surface area contributed by atoms with Crippen LogP contribution in [0.25, 0.3) is 22.6 Å². The number of oxazole rings is 1. The third-order valence-corrected chi connectivity index (χ3v) is 4.52. The van der Waals surface area contributed by atoms with Crippen LogP contribution >= 0.6 is 0 Å². The Balaban J connectivity index is 1.45. The third kappa shape index (κ3) is 4.29. The summed E-state index contributed by atoms with van der Waals surface area (Å²) in [7, 11) is 0. The minimum atomic E-state index is -0.169. The predicted molar refractivity (Wildman–Crippen MR) is 114 cm³/mol. The Bertz CT molecular complexity index is 1130. The standard InChI is InChI=1S/C24H22N2O3/c1-3-14-28-20-11-7-17(8-12-20)23(27)25-19-9-5-18(6-10-19)24-26-21-15-16(2)4-13-22(21)29-24/h4-13,15H,3,14H2,1-2H3,(H,25,27). The zero-order valence-electron chi connectivity index (χ0n) is 16.4. The van der Waals surface area contributed by atoms with E-state index < -0.39 is 0 Å². The summed E-state index contributed by atoms with van der Waals surface area (Å²) in [4.78, 5) is 17.0. The highest BCUT2D eigenvalue weighted by molar-refractivity contribution is 6.04. The number of fused-ring (bicyclic) bond motifs is 1. The van der Waals surface area contributed by atoms with Crippen LogP contribution < -0.4 is 10.1 Å². The van der Waals surface area contributed by atoms with Crippen molar-refractivity contribution < 1.29 is 13.9 Å². The summed E-state index contributed by atoms with van der Waals surface area (Å²) in [5.74, 6) is 1.16. The average molecular weight is 386 g/mol. The molecule has 5 nitrogen and oxygen atoms in total. The topological polar surface area (TPSA) is 64.4 Å². The summed E-state index contributed by atoms with van der Waals surface area (Å²) in [5, 5.41) is 2.90. The van der Waals surface area contributed by atoms with Crippen molar-refractivity contribution in [1.29, 1.82) is 0 Å². The van der Waals surface area contributed by atoms with Gasteiger partial charge in [-0.05, 0) is 79.6 Å². The number of benzene rings is 3. The van der Waals surface area contributed by atoms with Gasteiger partial charge in [0.05, 0.1) is 6.61 Å². The molecule has 146 valence electrons. The molecule has 0 bridgehead atoms. The maximum Gasteiger partial charge on any atom is 0.255 e. The Labute approximate surface area is 169 Å². The monoisotopic (exact) mass is 386 g/mol.